The number of benzene rings is 1. The quantitative estimate of drug-likeness (QED) is 0.357. The highest BCUT2D eigenvalue weighted by Crippen LogP contribution is 2.19. The van der Waals surface area contributed by atoms with E-state index in [2.05, 4.69) is 34.1 Å². The van der Waals surface area contributed by atoms with Crippen molar-refractivity contribution in [2.24, 2.45) is 10.9 Å². The Hall–Kier alpha value is -1.02. The Bertz CT molecular complexity index is 504. The van der Waals surface area contributed by atoms with E-state index < -0.39 is 0 Å². The lowest BCUT2D eigenvalue weighted by Crippen LogP contribution is -2.42. The Morgan fingerprint density at radius 1 is 1.27 bits per heavy atom. The van der Waals surface area contributed by atoms with Crippen molar-refractivity contribution in [1.82, 2.24) is 15.1 Å². The van der Waals surface area contributed by atoms with Gasteiger partial charge in [0.2, 0.25) is 0 Å². The molecule has 0 spiro atoms. The SMILES string of the molecule is CCN1CCC(CCNC(=NC)N(C)CCOc2ccccc2)CC1.I. The number of nitrogens with one attached hydrogen (secondary N) is 1. The van der Waals surface area contributed by atoms with Crippen LogP contribution in [0.15, 0.2) is 35.3 Å². The van der Waals surface area contributed by atoms with Crippen LogP contribution in [0.3, 0.4) is 0 Å². The molecule has 0 aromatic heterocycles. The van der Waals surface area contributed by atoms with Gasteiger partial charge in [-0.2, -0.15) is 0 Å². The molecule has 5 nitrogen and oxygen atoms in total. The highest BCUT2D eigenvalue weighted by atomic mass is 127. The van der Waals surface area contributed by atoms with Crippen molar-refractivity contribution in [1.29, 1.82) is 0 Å². The van der Waals surface area contributed by atoms with Gasteiger partial charge in [-0.05, 0) is 56.9 Å². The summed E-state index contributed by atoms with van der Waals surface area (Å²) in [6.07, 6.45) is 3.88. The van der Waals surface area contributed by atoms with Crippen LogP contribution in [0.5, 0.6) is 5.75 Å². The number of para-hydroxylation sites is 1. The maximum Gasteiger partial charge on any atom is 0.193 e. The molecule has 1 aliphatic heterocycles. The lowest BCUT2D eigenvalue weighted by atomic mass is 9.93. The van der Waals surface area contributed by atoms with Crippen LogP contribution in [0.2, 0.25) is 0 Å². The lowest BCUT2D eigenvalue weighted by molar-refractivity contribution is 0.187. The van der Waals surface area contributed by atoms with Gasteiger partial charge < -0.3 is 19.9 Å². The summed E-state index contributed by atoms with van der Waals surface area (Å²) in [4.78, 5) is 9.06. The van der Waals surface area contributed by atoms with Gasteiger partial charge in [0.15, 0.2) is 5.96 Å². The summed E-state index contributed by atoms with van der Waals surface area (Å²) in [5.74, 6) is 2.71. The van der Waals surface area contributed by atoms with E-state index in [4.69, 9.17) is 4.74 Å². The number of nitrogens with zero attached hydrogens (tertiary/aromatic N) is 3. The van der Waals surface area contributed by atoms with Gasteiger partial charge in [0.1, 0.15) is 12.4 Å². The number of aliphatic imine (C=N–C) groups is 1. The fourth-order valence-corrected chi connectivity index (χ4v) is 3.29. The zero-order valence-electron chi connectivity index (χ0n) is 16.5. The smallest absolute Gasteiger partial charge is 0.193 e. The highest BCUT2D eigenvalue weighted by Gasteiger charge is 2.17. The molecule has 0 unspecified atom stereocenters. The number of likely N-dealkylation sites (N-methyl/N-ethyl adjacent to an activating group) is 1. The summed E-state index contributed by atoms with van der Waals surface area (Å²) >= 11 is 0. The first kappa shape index (κ1) is 23.0. The second kappa shape index (κ2) is 13.2. The Morgan fingerprint density at radius 3 is 2.58 bits per heavy atom. The monoisotopic (exact) mass is 474 g/mol. The summed E-state index contributed by atoms with van der Waals surface area (Å²) in [6.45, 7) is 8.41. The molecule has 1 aliphatic rings. The summed E-state index contributed by atoms with van der Waals surface area (Å²) in [7, 11) is 3.90. The van der Waals surface area contributed by atoms with E-state index in [1.165, 1.54) is 38.9 Å². The molecule has 1 heterocycles. The zero-order chi connectivity index (χ0) is 17.9. The molecule has 1 saturated heterocycles. The van der Waals surface area contributed by atoms with Crippen LogP contribution in [0.1, 0.15) is 26.2 Å². The van der Waals surface area contributed by atoms with E-state index in [-0.39, 0.29) is 24.0 Å². The van der Waals surface area contributed by atoms with Crippen LogP contribution >= 0.6 is 24.0 Å². The third-order valence-electron chi connectivity index (χ3n) is 5.00. The maximum absolute atomic E-state index is 5.76. The molecule has 1 N–H and O–H groups in total. The minimum Gasteiger partial charge on any atom is -0.492 e. The third kappa shape index (κ3) is 8.12. The minimum absolute atomic E-state index is 0. The number of halogens is 1. The molecule has 26 heavy (non-hydrogen) atoms. The van der Waals surface area contributed by atoms with Crippen LogP contribution in [-0.4, -0.2) is 69.2 Å². The van der Waals surface area contributed by atoms with Gasteiger partial charge in [-0.3, -0.25) is 4.99 Å². The van der Waals surface area contributed by atoms with E-state index in [0.717, 1.165) is 30.7 Å². The number of ether oxygens (including phenoxy) is 1. The van der Waals surface area contributed by atoms with Gasteiger partial charge in [0.05, 0.1) is 6.54 Å². The van der Waals surface area contributed by atoms with Crippen LogP contribution in [0.4, 0.5) is 0 Å². The molecular formula is C20H35IN4O. The Balaban J connectivity index is 0.00000338. The van der Waals surface area contributed by atoms with Crippen molar-refractivity contribution >= 4 is 29.9 Å². The number of guanidine groups is 1. The molecule has 1 fully saturated rings. The molecule has 1 aromatic carbocycles. The molecule has 2 rings (SSSR count). The van der Waals surface area contributed by atoms with Gasteiger partial charge in [-0.1, -0.05) is 25.1 Å². The average Bonchev–Trinajstić information content (AvgIpc) is 2.66. The number of piperidine rings is 1. The summed E-state index contributed by atoms with van der Waals surface area (Å²) in [5.41, 5.74) is 0. The van der Waals surface area contributed by atoms with Gasteiger partial charge in [-0.15, -0.1) is 24.0 Å². The second-order valence-electron chi connectivity index (χ2n) is 6.72. The van der Waals surface area contributed by atoms with Crippen LogP contribution in [-0.2, 0) is 0 Å². The first-order valence-electron chi connectivity index (χ1n) is 9.55. The van der Waals surface area contributed by atoms with Crippen LogP contribution in [0.25, 0.3) is 0 Å². The van der Waals surface area contributed by atoms with Crippen molar-refractivity contribution < 1.29 is 4.74 Å². The molecule has 0 radical (unpaired) electrons. The van der Waals surface area contributed by atoms with E-state index in [1.807, 2.05) is 37.4 Å². The molecule has 6 heteroatoms. The Kier molecular flexibility index (Phi) is 11.7. The number of hydrogen-bond donors (Lipinski definition) is 1. The van der Waals surface area contributed by atoms with Crippen LogP contribution < -0.4 is 10.1 Å². The first-order chi connectivity index (χ1) is 12.2. The topological polar surface area (TPSA) is 40.1 Å². The minimum atomic E-state index is 0. The predicted octanol–water partition coefficient (Wildman–Crippen LogP) is 3.31. The third-order valence-corrected chi connectivity index (χ3v) is 5.00. The molecule has 148 valence electrons. The van der Waals surface area contributed by atoms with E-state index in [0.29, 0.717) is 6.61 Å². The van der Waals surface area contributed by atoms with Crippen molar-refractivity contribution in [3.8, 4) is 5.75 Å². The van der Waals surface area contributed by atoms with Crippen molar-refractivity contribution in [3.63, 3.8) is 0 Å². The second-order valence-corrected chi connectivity index (χ2v) is 6.72. The fourth-order valence-electron chi connectivity index (χ4n) is 3.29. The maximum atomic E-state index is 5.76. The molecule has 0 atom stereocenters. The number of hydrogen-bond acceptors (Lipinski definition) is 3. The largest absolute Gasteiger partial charge is 0.492 e. The molecule has 0 saturated carbocycles. The highest BCUT2D eigenvalue weighted by molar-refractivity contribution is 14.0. The van der Waals surface area contributed by atoms with Crippen molar-refractivity contribution in [3.05, 3.63) is 30.3 Å². The summed E-state index contributed by atoms with van der Waals surface area (Å²) in [6, 6.07) is 9.94. The summed E-state index contributed by atoms with van der Waals surface area (Å²) in [5, 5.41) is 3.50. The van der Waals surface area contributed by atoms with Gasteiger partial charge in [0, 0.05) is 20.6 Å². The molecule has 0 bridgehead atoms. The van der Waals surface area contributed by atoms with Crippen molar-refractivity contribution in [2.75, 3.05) is 53.4 Å². The average molecular weight is 474 g/mol. The van der Waals surface area contributed by atoms with Gasteiger partial charge >= 0.3 is 0 Å². The molecule has 1 aromatic rings. The van der Waals surface area contributed by atoms with Gasteiger partial charge in [-0.25, -0.2) is 0 Å². The number of likely N-dealkylation sites (tertiary alicyclic amines) is 1. The molecular weight excluding hydrogens is 439 g/mol. The predicted molar refractivity (Wildman–Crippen MR) is 121 cm³/mol. The van der Waals surface area contributed by atoms with E-state index in [1.54, 1.807) is 0 Å². The Labute approximate surface area is 176 Å². The Morgan fingerprint density at radius 2 is 1.96 bits per heavy atom. The normalized spacial score (nSPS) is 16.0. The standard InChI is InChI=1S/C20H34N4O.HI/c1-4-24-14-11-18(12-15-24)10-13-22-20(21-2)23(3)16-17-25-19-8-6-5-7-9-19;/h5-9,18H,4,10-17H2,1-3H3,(H,21,22);1H. The zero-order valence-corrected chi connectivity index (χ0v) is 18.8. The van der Waals surface area contributed by atoms with Crippen molar-refractivity contribution in [2.45, 2.75) is 26.2 Å². The number of rotatable bonds is 8. The lowest BCUT2D eigenvalue weighted by Gasteiger charge is -2.31. The molecule has 0 amide bonds. The molecule has 0 aliphatic carbocycles. The van der Waals surface area contributed by atoms with E-state index >= 15 is 0 Å². The van der Waals surface area contributed by atoms with Crippen LogP contribution in [0, 0.1) is 5.92 Å². The summed E-state index contributed by atoms with van der Waals surface area (Å²) < 4.78 is 5.76. The fraction of sp³-hybridized carbons (Fsp3) is 0.650. The van der Waals surface area contributed by atoms with Gasteiger partial charge in [0.25, 0.3) is 0 Å². The van der Waals surface area contributed by atoms with E-state index in [9.17, 15) is 0 Å². The first-order valence-corrected chi connectivity index (χ1v) is 9.55.